The summed E-state index contributed by atoms with van der Waals surface area (Å²) in [5.41, 5.74) is 4.67. The molecule has 0 saturated heterocycles. The predicted octanol–water partition coefficient (Wildman–Crippen LogP) is 10.9. The summed E-state index contributed by atoms with van der Waals surface area (Å²) in [5.74, 6) is 3.14. The number of hydrogen-bond acceptors (Lipinski definition) is 4. The van der Waals surface area contributed by atoms with Crippen LogP contribution in [0.25, 0.3) is 5.57 Å². The molecular weight excluding hydrogens is 604 g/mol. The molecule has 0 aliphatic heterocycles. The van der Waals surface area contributed by atoms with Crippen LogP contribution in [0.3, 0.4) is 0 Å². The number of esters is 2. The Kier molecular flexibility index (Phi) is 8.55. The van der Waals surface area contributed by atoms with Crippen LogP contribution in [0.5, 0.6) is 0 Å². The molecule has 49 heavy (non-hydrogen) atoms. The first-order valence-electron chi connectivity index (χ1n) is 19.3. The van der Waals surface area contributed by atoms with E-state index in [1.54, 1.807) is 0 Å². The molecule has 4 heteroatoms. The lowest BCUT2D eigenvalue weighted by Crippen LogP contribution is -2.66. The minimum atomic E-state index is -0.341. The molecule has 264 valence electrons. The minimum Gasteiger partial charge on any atom is -0.465 e. The predicted molar refractivity (Wildman–Crippen MR) is 196 cm³/mol. The molecule has 9 atom stereocenters. The Labute approximate surface area is 295 Å². The minimum absolute atomic E-state index is 0.0251. The van der Waals surface area contributed by atoms with Gasteiger partial charge in [0, 0.05) is 0 Å². The molecule has 4 fully saturated rings. The van der Waals surface area contributed by atoms with E-state index in [2.05, 4.69) is 78.8 Å². The van der Waals surface area contributed by atoms with Crippen LogP contribution in [-0.2, 0) is 20.9 Å². The van der Waals surface area contributed by atoms with Gasteiger partial charge in [0.2, 0.25) is 0 Å². The molecule has 0 N–H and O–H groups in total. The van der Waals surface area contributed by atoms with Crippen LogP contribution in [0.2, 0.25) is 0 Å². The molecule has 0 bridgehead atoms. The monoisotopic (exact) mass is 664 g/mol. The van der Waals surface area contributed by atoms with Crippen molar-refractivity contribution in [1.82, 2.24) is 0 Å². The third kappa shape index (κ3) is 5.03. The van der Waals surface area contributed by atoms with Gasteiger partial charge in [-0.05, 0) is 144 Å². The zero-order chi connectivity index (χ0) is 35.0. The molecule has 0 heterocycles. The average Bonchev–Trinajstić information content (AvgIpc) is 3.49. The number of ether oxygens (including phenoxy) is 2. The van der Waals surface area contributed by atoms with Gasteiger partial charge >= 0.3 is 11.9 Å². The second-order valence-electron chi connectivity index (χ2n) is 18.5. The van der Waals surface area contributed by atoms with Crippen molar-refractivity contribution >= 4 is 17.5 Å². The van der Waals surface area contributed by atoms with E-state index >= 15 is 0 Å². The summed E-state index contributed by atoms with van der Waals surface area (Å²) in [6.07, 6.45) is 12.9. The van der Waals surface area contributed by atoms with Gasteiger partial charge in [-0.15, -0.1) is 0 Å². The number of methoxy groups -OCH3 is 1. The highest BCUT2D eigenvalue weighted by molar-refractivity contribution is 5.90. The first-order valence-corrected chi connectivity index (χ1v) is 19.3. The number of allylic oxidation sites excluding steroid dienone is 2. The summed E-state index contributed by atoms with van der Waals surface area (Å²) in [4.78, 5) is 26.5. The fourth-order valence-electron chi connectivity index (χ4n) is 13.6. The maximum absolute atomic E-state index is 14.4. The van der Waals surface area contributed by atoms with Gasteiger partial charge < -0.3 is 9.47 Å². The Morgan fingerprint density at radius 3 is 2.18 bits per heavy atom. The molecular formula is C45H60O4. The van der Waals surface area contributed by atoms with E-state index in [9.17, 15) is 9.59 Å². The lowest BCUT2D eigenvalue weighted by atomic mass is 9.32. The lowest BCUT2D eigenvalue weighted by molar-refractivity contribution is -0.231. The van der Waals surface area contributed by atoms with E-state index in [0.717, 1.165) is 37.7 Å². The molecule has 4 saturated carbocycles. The standard InChI is InChI=1S/C45H60O4/c1-29(2)33-20-25-45(40(47)49-28-30-12-10-9-11-13-30)27-26-43(6)35(38(33)45)18-19-37-42(5)23-21-34(31-14-16-32(17-15-31)39(46)48-8)41(3,4)36(42)22-24-44(37,43)7/h9-17,21,29,33,35-38H,18-20,22-28H2,1-8H3. The average molecular weight is 665 g/mol. The summed E-state index contributed by atoms with van der Waals surface area (Å²) >= 11 is 0. The summed E-state index contributed by atoms with van der Waals surface area (Å²) < 4.78 is 11.2. The van der Waals surface area contributed by atoms with E-state index in [1.807, 2.05) is 30.3 Å². The zero-order valence-corrected chi connectivity index (χ0v) is 31.4. The molecule has 5 aliphatic rings. The largest absolute Gasteiger partial charge is 0.465 e. The Balaban J connectivity index is 1.19. The van der Waals surface area contributed by atoms with Gasteiger partial charge in [-0.1, -0.05) is 97.0 Å². The summed E-state index contributed by atoms with van der Waals surface area (Å²) in [6, 6.07) is 18.3. The quantitative estimate of drug-likeness (QED) is 0.288. The second kappa shape index (κ2) is 12.1. The van der Waals surface area contributed by atoms with Crippen LogP contribution in [0.15, 0.2) is 60.7 Å². The number of benzene rings is 2. The lowest BCUT2D eigenvalue weighted by Gasteiger charge is -2.72. The molecule has 4 nitrogen and oxygen atoms in total. The Morgan fingerprint density at radius 2 is 1.51 bits per heavy atom. The number of rotatable bonds is 6. The summed E-state index contributed by atoms with van der Waals surface area (Å²) in [6.45, 7) is 18.1. The Bertz CT molecular complexity index is 1600. The molecule has 2 aromatic rings. The Hall–Kier alpha value is -2.88. The SMILES string of the molecule is COC(=O)c1ccc(C2=CCC3(C)C(CCC4(C)C3CCC3C5C(C(C)C)CCC5(C(=O)OCc5ccccc5)CCC34C)C2(C)C)cc1. The van der Waals surface area contributed by atoms with Crippen LogP contribution >= 0.6 is 0 Å². The van der Waals surface area contributed by atoms with E-state index in [4.69, 9.17) is 9.47 Å². The van der Waals surface area contributed by atoms with Crippen LogP contribution in [0.1, 0.15) is 128 Å². The topological polar surface area (TPSA) is 52.6 Å². The van der Waals surface area contributed by atoms with Gasteiger partial charge in [-0.25, -0.2) is 4.79 Å². The van der Waals surface area contributed by atoms with E-state index in [0.29, 0.717) is 47.7 Å². The first kappa shape index (κ1) is 34.6. The molecule has 0 radical (unpaired) electrons. The van der Waals surface area contributed by atoms with Gasteiger partial charge in [0.1, 0.15) is 6.61 Å². The molecule has 5 aliphatic carbocycles. The summed E-state index contributed by atoms with van der Waals surface area (Å²) in [7, 11) is 1.44. The van der Waals surface area contributed by atoms with Crippen molar-refractivity contribution in [2.45, 2.75) is 113 Å². The normalized spacial score (nSPS) is 39.1. The van der Waals surface area contributed by atoms with Crippen molar-refractivity contribution in [2.24, 2.45) is 62.6 Å². The Morgan fingerprint density at radius 1 is 0.796 bits per heavy atom. The first-order chi connectivity index (χ1) is 23.2. The molecule has 0 spiro atoms. The van der Waals surface area contributed by atoms with Crippen molar-refractivity contribution < 1.29 is 19.1 Å². The van der Waals surface area contributed by atoms with Crippen molar-refractivity contribution in [3.8, 4) is 0 Å². The maximum atomic E-state index is 14.4. The van der Waals surface area contributed by atoms with Gasteiger partial charge in [0.15, 0.2) is 0 Å². The number of carbonyl (C=O) groups excluding carboxylic acids is 2. The molecule has 0 aromatic heterocycles. The van der Waals surface area contributed by atoms with Gasteiger partial charge in [0.05, 0.1) is 18.1 Å². The third-order valence-electron chi connectivity index (χ3n) is 16.2. The number of hydrogen-bond donors (Lipinski definition) is 0. The second-order valence-corrected chi connectivity index (χ2v) is 18.5. The van der Waals surface area contributed by atoms with Gasteiger partial charge in [0.25, 0.3) is 0 Å². The van der Waals surface area contributed by atoms with E-state index in [-0.39, 0.29) is 39.0 Å². The van der Waals surface area contributed by atoms with Crippen LogP contribution in [0, 0.1) is 62.6 Å². The van der Waals surface area contributed by atoms with Crippen molar-refractivity contribution in [2.75, 3.05) is 7.11 Å². The highest BCUT2D eigenvalue weighted by Gasteiger charge is 2.72. The van der Waals surface area contributed by atoms with Crippen molar-refractivity contribution in [1.29, 1.82) is 0 Å². The van der Waals surface area contributed by atoms with Crippen molar-refractivity contribution in [3.05, 3.63) is 77.4 Å². The molecule has 0 amide bonds. The maximum Gasteiger partial charge on any atom is 0.337 e. The summed E-state index contributed by atoms with van der Waals surface area (Å²) in [5, 5.41) is 0. The fraction of sp³-hybridized carbons (Fsp3) is 0.644. The van der Waals surface area contributed by atoms with E-state index in [1.165, 1.54) is 43.9 Å². The van der Waals surface area contributed by atoms with Crippen molar-refractivity contribution in [3.63, 3.8) is 0 Å². The molecule has 7 rings (SSSR count). The fourth-order valence-corrected chi connectivity index (χ4v) is 13.6. The smallest absolute Gasteiger partial charge is 0.337 e. The van der Waals surface area contributed by atoms with Crippen LogP contribution in [-0.4, -0.2) is 19.0 Å². The number of carbonyl (C=O) groups is 2. The van der Waals surface area contributed by atoms with Gasteiger partial charge in [-0.2, -0.15) is 0 Å². The van der Waals surface area contributed by atoms with Crippen LogP contribution in [0.4, 0.5) is 0 Å². The molecule has 9 unspecified atom stereocenters. The highest BCUT2D eigenvalue weighted by atomic mass is 16.5. The van der Waals surface area contributed by atoms with E-state index < -0.39 is 0 Å². The zero-order valence-electron chi connectivity index (χ0n) is 31.4. The van der Waals surface area contributed by atoms with Crippen LogP contribution < -0.4 is 0 Å². The number of fused-ring (bicyclic) bond motifs is 7. The molecule has 2 aromatic carbocycles. The third-order valence-corrected chi connectivity index (χ3v) is 16.2. The highest BCUT2D eigenvalue weighted by Crippen LogP contribution is 2.78. The van der Waals surface area contributed by atoms with Gasteiger partial charge in [-0.3, -0.25) is 4.79 Å².